The van der Waals surface area contributed by atoms with Gasteiger partial charge in [-0.15, -0.1) is 6.58 Å². The van der Waals surface area contributed by atoms with Crippen LogP contribution in [0.5, 0.6) is 5.88 Å². The third-order valence-electron chi connectivity index (χ3n) is 2.79. The molecule has 0 unspecified atom stereocenters. The lowest BCUT2D eigenvalue weighted by Gasteiger charge is -2.10. The van der Waals surface area contributed by atoms with Crippen LogP contribution in [0.1, 0.15) is 43.0 Å². The van der Waals surface area contributed by atoms with Gasteiger partial charge in [0.05, 0.1) is 6.61 Å². The lowest BCUT2D eigenvalue weighted by atomic mass is 10.3. The predicted molar refractivity (Wildman–Crippen MR) is 68.7 cm³/mol. The molecule has 0 amide bonds. The zero-order valence-electron chi connectivity index (χ0n) is 10.1. The van der Waals surface area contributed by atoms with Crippen LogP contribution in [0.15, 0.2) is 12.7 Å². The van der Waals surface area contributed by atoms with Gasteiger partial charge in [-0.05, 0) is 32.6 Å². The third-order valence-corrected chi connectivity index (χ3v) is 3.16. The monoisotopic (exact) mass is 252 g/mol. The number of hydrogen-bond donors (Lipinski definition) is 0. The number of aromatic nitrogens is 2. The highest BCUT2D eigenvalue weighted by atomic mass is 35.5. The van der Waals surface area contributed by atoms with Gasteiger partial charge in [0.2, 0.25) is 5.88 Å². The third kappa shape index (κ3) is 3.19. The smallest absolute Gasteiger partial charge is 0.221 e. The molecular formula is C13H17ClN2O. The molecule has 1 aliphatic rings. The van der Waals surface area contributed by atoms with E-state index in [9.17, 15) is 0 Å². The molecule has 0 radical (unpaired) electrons. The highest BCUT2D eigenvalue weighted by molar-refractivity contribution is 6.30. The van der Waals surface area contributed by atoms with Crippen molar-refractivity contribution in [3.05, 3.63) is 29.2 Å². The van der Waals surface area contributed by atoms with Crippen LogP contribution in [0.25, 0.3) is 0 Å². The van der Waals surface area contributed by atoms with Gasteiger partial charge in [-0.2, -0.15) is 4.98 Å². The minimum atomic E-state index is 0.489. The van der Waals surface area contributed by atoms with Crippen molar-refractivity contribution in [2.75, 3.05) is 6.61 Å². The first-order valence-electron chi connectivity index (χ1n) is 6.00. The van der Waals surface area contributed by atoms with Crippen molar-refractivity contribution in [1.29, 1.82) is 0 Å². The van der Waals surface area contributed by atoms with Crippen molar-refractivity contribution in [3.8, 4) is 5.88 Å². The van der Waals surface area contributed by atoms with Crippen molar-refractivity contribution in [1.82, 2.24) is 9.97 Å². The Balaban J connectivity index is 2.05. The summed E-state index contributed by atoms with van der Waals surface area (Å²) < 4.78 is 5.65. The fourth-order valence-corrected chi connectivity index (χ4v) is 1.71. The molecule has 0 spiro atoms. The average molecular weight is 253 g/mol. The van der Waals surface area contributed by atoms with Crippen molar-refractivity contribution in [2.45, 2.75) is 38.5 Å². The molecule has 3 nitrogen and oxygen atoms in total. The van der Waals surface area contributed by atoms with Crippen LogP contribution in [0.3, 0.4) is 0 Å². The highest BCUT2D eigenvalue weighted by Gasteiger charge is 2.28. The van der Waals surface area contributed by atoms with Crippen LogP contribution in [-0.2, 0) is 0 Å². The Hall–Kier alpha value is -1.09. The van der Waals surface area contributed by atoms with Gasteiger partial charge in [0.15, 0.2) is 0 Å². The Morgan fingerprint density at radius 3 is 2.88 bits per heavy atom. The molecule has 2 rings (SSSR count). The van der Waals surface area contributed by atoms with E-state index in [0.717, 1.165) is 37.1 Å². The molecule has 4 heteroatoms. The van der Waals surface area contributed by atoms with Gasteiger partial charge in [-0.3, -0.25) is 0 Å². The summed E-state index contributed by atoms with van der Waals surface area (Å²) >= 11 is 6.08. The maximum atomic E-state index is 6.08. The van der Waals surface area contributed by atoms with Crippen molar-refractivity contribution >= 4 is 11.6 Å². The van der Waals surface area contributed by atoms with Crippen LogP contribution in [0.4, 0.5) is 0 Å². The van der Waals surface area contributed by atoms with Crippen LogP contribution >= 0.6 is 11.6 Å². The summed E-state index contributed by atoms with van der Waals surface area (Å²) in [6.45, 7) is 6.21. The van der Waals surface area contributed by atoms with Gasteiger partial charge < -0.3 is 4.74 Å². The molecule has 0 saturated heterocycles. The normalized spacial score (nSPS) is 14.7. The molecule has 0 bridgehead atoms. The average Bonchev–Trinajstić information content (AvgIpc) is 3.13. The van der Waals surface area contributed by atoms with Crippen LogP contribution < -0.4 is 4.74 Å². The van der Waals surface area contributed by atoms with Crippen LogP contribution in [0.2, 0.25) is 5.15 Å². The first kappa shape index (κ1) is 12.4. The molecule has 1 heterocycles. The van der Waals surface area contributed by atoms with E-state index in [1.165, 1.54) is 0 Å². The maximum absolute atomic E-state index is 6.08. The zero-order chi connectivity index (χ0) is 12.3. The number of nitrogens with zero attached hydrogens (tertiary/aromatic N) is 2. The molecule has 1 aliphatic carbocycles. The van der Waals surface area contributed by atoms with E-state index in [4.69, 9.17) is 16.3 Å². The Morgan fingerprint density at radius 2 is 2.24 bits per heavy atom. The van der Waals surface area contributed by atoms with E-state index >= 15 is 0 Å². The molecule has 0 aromatic carbocycles. The fraction of sp³-hybridized carbons (Fsp3) is 0.538. The number of rotatable bonds is 6. The van der Waals surface area contributed by atoms with E-state index in [0.29, 0.717) is 23.6 Å². The van der Waals surface area contributed by atoms with Crippen molar-refractivity contribution in [3.63, 3.8) is 0 Å². The van der Waals surface area contributed by atoms with Gasteiger partial charge in [0.25, 0.3) is 0 Å². The minimum Gasteiger partial charge on any atom is -0.477 e. The van der Waals surface area contributed by atoms with Gasteiger partial charge in [-0.1, -0.05) is 17.7 Å². The molecule has 92 valence electrons. The number of unbranched alkanes of at least 4 members (excludes halogenated alkanes) is 1. The second kappa shape index (κ2) is 5.50. The topological polar surface area (TPSA) is 35.0 Å². The second-order valence-electron chi connectivity index (χ2n) is 4.36. The van der Waals surface area contributed by atoms with Crippen LogP contribution in [0, 0.1) is 6.92 Å². The molecule has 0 aliphatic heterocycles. The summed E-state index contributed by atoms with van der Waals surface area (Å²) in [5.41, 5.74) is 0.828. The Kier molecular flexibility index (Phi) is 4.00. The Bertz CT molecular complexity index is 416. The molecule has 1 aromatic rings. The minimum absolute atomic E-state index is 0.489. The fourth-order valence-electron chi connectivity index (χ4n) is 1.55. The first-order chi connectivity index (χ1) is 8.22. The molecule has 0 N–H and O–H groups in total. The molecule has 1 fully saturated rings. The van der Waals surface area contributed by atoms with E-state index < -0.39 is 0 Å². The molecule has 17 heavy (non-hydrogen) atoms. The Labute approximate surface area is 107 Å². The maximum Gasteiger partial charge on any atom is 0.221 e. The molecule has 1 saturated carbocycles. The molecular weight excluding hydrogens is 236 g/mol. The molecule has 0 atom stereocenters. The summed E-state index contributed by atoms with van der Waals surface area (Å²) in [7, 11) is 0. The van der Waals surface area contributed by atoms with E-state index in [1.54, 1.807) is 0 Å². The highest BCUT2D eigenvalue weighted by Crippen LogP contribution is 2.39. The largest absolute Gasteiger partial charge is 0.477 e. The summed E-state index contributed by atoms with van der Waals surface area (Å²) in [4.78, 5) is 8.75. The predicted octanol–water partition coefficient (Wildman–Crippen LogP) is 3.66. The lowest BCUT2D eigenvalue weighted by Crippen LogP contribution is -2.04. The van der Waals surface area contributed by atoms with Crippen molar-refractivity contribution in [2.24, 2.45) is 0 Å². The van der Waals surface area contributed by atoms with E-state index in [2.05, 4.69) is 16.5 Å². The van der Waals surface area contributed by atoms with E-state index in [1.807, 2.05) is 13.0 Å². The van der Waals surface area contributed by atoms with Gasteiger partial charge in [-0.25, -0.2) is 4.98 Å². The summed E-state index contributed by atoms with van der Waals surface area (Å²) in [5.74, 6) is 1.96. The van der Waals surface area contributed by atoms with Gasteiger partial charge in [0.1, 0.15) is 11.0 Å². The van der Waals surface area contributed by atoms with Crippen molar-refractivity contribution < 1.29 is 4.74 Å². The quantitative estimate of drug-likeness (QED) is 0.440. The standard InChI is InChI=1S/C13H17ClN2O/c1-3-4-5-8-17-13-9(2)11(14)15-12(16-13)10-6-7-10/h3,10H,1,4-8H2,2H3. The number of ether oxygens (including phenoxy) is 1. The summed E-state index contributed by atoms with van der Waals surface area (Å²) in [6, 6.07) is 0. The number of halogens is 1. The number of allylic oxidation sites excluding steroid dienone is 1. The second-order valence-corrected chi connectivity index (χ2v) is 4.71. The van der Waals surface area contributed by atoms with E-state index in [-0.39, 0.29) is 0 Å². The van der Waals surface area contributed by atoms with Gasteiger partial charge in [0, 0.05) is 11.5 Å². The van der Waals surface area contributed by atoms with Crippen LogP contribution in [-0.4, -0.2) is 16.6 Å². The summed E-state index contributed by atoms with van der Waals surface area (Å²) in [6.07, 6.45) is 6.11. The SMILES string of the molecule is C=CCCCOc1nc(C2CC2)nc(Cl)c1C. The number of hydrogen-bond acceptors (Lipinski definition) is 3. The Morgan fingerprint density at radius 1 is 1.47 bits per heavy atom. The van der Waals surface area contributed by atoms with Gasteiger partial charge >= 0.3 is 0 Å². The first-order valence-corrected chi connectivity index (χ1v) is 6.38. The zero-order valence-corrected chi connectivity index (χ0v) is 10.8. The lowest BCUT2D eigenvalue weighted by molar-refractivity contribution is 0.296. The molecule has 1 aromatic heterocycles. The summed E-state index contributed by atoms with van der Waals surface area (Å²) in [5, 5.41) is 0.514.